The van der Waals surface area contributed by atoms with Crippen LogP contribution in [0.15, 0.2) is 182 Å². The number of thiophene rings is 1. The first-order valence-corrected chi connectivity index (χ1v) is 20.2. The van der Waals surface area contributed by atoms with Crippen molar-refractivity contribution in [3.63, 3.8) is 0 Å². The van der Waals surface area contributed by atoms with E-state index < -0.39 is 0 Å². The Bertz CT molecular complexity index is 3150. The van der Waals surface area contributed by atoms with Crippen molar-refractivity contribution in [3.8, 4) is 16.8 Å². The molecule has 2 aromatic heterocycles. The molecule has 0 saturated heterocycles. The van der Waals surface area contributed by atoms with Crippen LogP contribution in [0, 0.1) is 0 Å². The average Bonchev–Trinajstić information content (AvgIpc) is 3.86. The Balaban J connectivity index is 0.941. The van der Waals surface area contributed by atoms with Crippen molar-refractivity contribution in [1.29, 1.82) is 0 Å². The second-order valence-electron chi connectivity index (χ2n) is 15.4. The van der Waals surface area contributed by atoms with Gasteiger partial charge in [-0.1, -0.05) is 141 Å². The standard InChI is InChI=1S/C53H38N2S/c1-53(2)47-33-36(25-29-41(47)44-30-31-45-42-17-9-11-19-48(42)55(52(45)51(44)53)38-15-7-4-8-16-38)22-21-35-23-26-39(27-24-35)54(37-13-5-3-6-14-37)40-28-32-50-46(34-40)43-18-10-12-20-49(43)56-50/h3-34H,1-2H3. The van der Waals surface area contributed by atoms with Crippen LogP contribution in [0.1, 0.15) is 36.1 Å². The second-order valence-corrected chi connectivity index (χ2v) is 16.5. The minimum Gasteiger partial charge on any atom is -0.310 e. The van der Waals surface area contributed by atoms with E-state index in [9.17, 15) is 0 Å². The molecule has 0 amide bonds. The number of fused-ring (bicyclic) bond motifs is 10. The molecular formula is C53H38N2S. The third-order valence-corrected chi connectivity index (χ3v) is 12.9. The minimum absolute atomic E-state index is 0.185. The first-order chi connectivity index (χ1) is 27.5. The fourth-order valence-corrected chi connectivity index (χ4v) is 10.2. The first kappa shape index (κ1) is 32.7. The minimum atomic E-state index is -0.185. The molecule has 10 aromatic rings. The largest absolute Gasteiger partial charge is 0.310 e. The fourth-order valence-electron chi connectivity index (χ4n) is 9.12. The molecular weight excluding hydrogens is 697 g/mol. The van der Waals surface area contributed by atoms with Crippen LogP contribution in [0.3, 0.4) is 0 Å². The number of para-hydroxylation sites is 3. The summed E-state index contributed by atoms with van der Waals surface area (Å²) in [4.78, 5) is 2.35. The van der Waals surface area contributed by atoms with Gasteiger partial charge in [0.2, 0.25) is 0 Å². The van der Waals surface area contributed by atoms with Crippen LogP contribution >= 0.6 is 11.3 Å². The molecule has 0 atom stereocenters. The molecule has 0 fully saturated rings. The normalized spacial score (nSPS) is 13.2. The van der Waals surface area contributed by atoms with Crippen LogP contribution in [0.2, 0.25) is 0 Å². The Hall–Kier alpha value is -6.68. The lowest BCUT2D eigenvalue weighted by molar-refractivity contribution is 0.663. The molecule has 0 radical (unpaired) electrons. The van der Waals surface area contributed by atoms with E-state index in [1.54, 1.807) is 0 Å². The molecule has 0 spiro atoms. The van der Waals surface area contributed by atoms with Crippen molar-refractivity contribution >= 4 is 82.5 Å². The lowest BCUT2D eigenvalue weighted by Crippen LogP contribution is -2.16. The third kappa shape index (κ3) is 5.08. The van der Waals surface area contributed by atoms with Gasteiger partial charge in [0.25, 0.3) is 0 Å². The predicted molar refractivity (Wildman–Crippen MR) is 241 cm³/mol. The summed E-state index contributed by atoms with van der Waals surface area (Å²) < 4.78 is 5.11. The molecule has 266 valence electrons. The summed E-state index contributed by atoms with van der Waals surface area (Å²) in [5.74, 6) is 0. The summed E-state index contributed by atoms with van der Waals surface area (Å²) in [6.45, 7) is 4.79. The topological polar surface area (TPSA) is 8.17 Å². The number of aromatic nitrogens is 1. The maximum absolute atomic E-state index is 2.48. The number of rotatable bonds is 6. The maximum Gasteiger partial charge on any atom is 0.0588 e. The van der Waals surface area contributed by atoms with Gasteiger partial charge in [-0.05, 0) is 100 Å². The quantitative estimate of drug-likeness (QED) is 0.154. The van der Waals surface area contributed by atoms with Crippen molar-refractivity contribution < 1.29 is 0 Å². The summed E-state index contributed by atoms with van der Waals surface area (Å²) >= 11 is 1.86. The number of anilines is 3. The van der Waals surface area contributed by atoms with Gasteiger partial charge in [-0.25, -0.2) is 0 Å². The van der Waals surface area contributed by atoms with Crippen LogP contribution in [-0.2, 0) is 5.41 Å². The van der Waals surface area contributed by atoms with Crippen molar-refractivity contribution in [3.05, 3.63) is 204 Å². The predicted octanol–water partition coefficient (Wildman–Crippen LogP) is 15.1. The summed E-state index contributed by atoms with van der Waals surface area (Å²) in [6, 6.07) is 66.5. The third-order valence-electron chi connectivity index (χ3n) is 11.7. The molecule has 0 saturated carbocycles. The smallest absolute Gasteiger partial charge is 0.0588 e. The van der Waals surface area contributed by atoms with Gasteiger partial charge in [-0.3, -0.25) is 0 Å². The Kier molecular flexibility index (Phi) is 7.42. The number of hydrogen-bond acceptors (Lipinski definition) is 2. The molecule has 0 bridgehead atoms. The molecule has 1 aliphatic rings. The SMILES string of the molecule is CC1(C)c2cc(C=Cc3ccc(N(c4ccccc4)c4ccc5sc6ccccc6c5c4)cc3)ccc2-c2ccc3c4ccccc4n(-c4ccccc4)c3c21. The van der Waals surface area contributed by atoms with Crippen LogP contribution in [0.4, 0.5) is 17.1 Å². The monoisotopic (exact) mass is 734 g/mol. The van der Waals surface area contributed by atoms with E-state index in [0.29, 0.717) is 0 Å². The van der Waals surface area contributed by atoms with E-state index in [0.717, 1.165) is 22.6 Å². The van der Waals surface area contributed by atoms with Gasteiger partial charge in [0.05, 0.1) is 11.0 Å². The van der Waals surface area contributed by atoms with Gasteiger partial charge in [0.1, 0.15) is 0 Å². The van der Waals surface area contributed by atoms with Gasteiger partial charge in [0.15, 0.2) is 0 Å². The second kappa shape index (κ2) is 12.7. The van der Waals surface area contributed by atoms with E-state index in [-0.39, 0.29) is 5.41 Å². The zero-order valence-corrected chi connectivity index (χ0v) is 32.1. The fraction of sp³-hybridized carbons (Fsp3) is 0.0566. The van der Waals surface area contributed by atoms with Crippen LogP contribution in [-0.4, -0.2) is 4.57 Å². The summed E-state index contributed by atoms with van der Waals surface area (Å²) in [5, 5.41) is 5.20. The van der Waals surface area contributed by atoms with E-state index in [1.165, 1.54) is 75.5 Å². The molecule has 2 heterocycles. The first-order valence-electron chi connectivity index (χ1n) is 19.3. The lowest BCUT2D eigenvalue weighted by Gasteiger charge is -2.25. The molecule has 0 aliphatic heterocycles. The Labute approximate surface area is 330 Å². The highest BCUT2D eigenvalue weighted by atomic mass is 32.1. The summed E-state index contributed by atoms with van der Waals surface area (Å²) in [5.41, 5.74) is 14.8. The molecule has 3 heteroatoms. The molecule has 2 nitrogen and oxygen atoms in total. The van der Waals surface area contributed by atoms with E-state index >= 15 is 0 Å². The average molecular weight is 735 g/mol. The van der Waals surface area contributed by atoms with E-state index in [4.69, 9.17) is 0 Å². The summed E-state index contributed by atoms with van der Waals surface area (Å²) in [7, 11) is 0. The van der Waals surface area contributed by atoms with Gasteiger partial charge >= 0.3 is 0 Å². The number of nitrogens with zero attached hydrogens (tertiary/aromatic N) is 2. The zero-order valence-electron chi connectivity index (χ0n) is 31.3. The van der Waals surface area contributed by atoms with Crippen molar-refractivity contribution in [2.45, 2.75) is 19.3 Å². The number of hydrogen-bond donors (Lipinski definition) is 0. The van der Waals surface area contributed by atoms with Gasteiger partial charge < -0.3 is 9.47 Å². The maximum atomic E-state index is 2.48. The molecule has 0 unspecified atom stereocenters. The van der Waals surface area contributed by atoms with E-state index in [2.05, 4.69) is 217 Å². The molecule has 11 rings (SSSR count). The molecule has 56 heavy (non-hydrogen) atoms. The molecule has 1 aliphatic carbocycles. The Morgan fingerprint density at radius 3 is 1.93 bits per heavy atom. The highest BCUT2D eigenvalue weighted by molar-refractivity contribution is 7.25. The van der Waals surface area contributed by atoms with Crippen molar-refractivity contribution in [2.75, 3.05) is 4.90 Å². The Morgan fingerprint density at radius 2 is 1.11 bits per heavy atom. The lowest BCUT2D eigenvalue weighted by atomic mass is 9.81. The Morgan fingerprint density at radius 1 is 0.482 bits per heavy atom. The summed E-state index contributed by atoms with van der Waals surface area (Å²) in [6.07, 6.45) is 4.50. The molecule has 8 aromatic carbocycles. The molecule has 0 N–H and O–H groups in total. The number of benzene rings is 8. The van der Waals surface area contributed by atoms with Gasteiger partial charge in [-0.2, -0.15) is 0 Å². The van der Waals surface area contributed by atoms with Crippen molar-refractivity contribution in [2.24, 2.45) is 0 Å². The highest BCUT2D eigenvalue weighted by Gasteiger charge is 2.38. The van der Waals surface area contributed by atoms with E-state index in [1.807, 2.05) is 11.3 Å². The highest BCUT2D eigenvalue weighted by Crippen LogP contribution is 2.53. The van der Waals surface area contributed by atoms with Crippen LogP contribution in [0.25, 0.3) is 70.9 Å². The van der Waals surface area contributed by atoms with Crippen LogP contribution in [0.5, 0.6) is 0 Å². The van der Waals surface area contributed by atoms with Crippen molar-refractivity contribution in [1.82, 2.24) is 4.57 Å². The van der Waals surface area contributed by atoms with Gasteiger partial charge in [0, 0.05) is 59.1 Å². The van der Waals surface area contributed by atoms with Gasteiger partial charge in [-0.15, -0.1) is 11.3 Å². The van der Waals surface area contributed by atoms with Crippen LogP contribution < -0.4 is 4.90 Å². The zero-order chi connectivity index (χ0) is 37.4.